The van der Waals surface area contributed by atoms with Gasteiger partial charge in [-0.05, 0) is 31.4 Å². The number of rotatable bonds is 4. The molecule has 0 aliphatic rings. The summed E-state index contributed by atoms with van der Waals surface area (Å²) in [7, 11) is 0. The Balaban J connectivity index is 2.41. The highest BCUT2D eigenvalue weighted by Gasteiger charge is 2.26. The highest BCUT2D eigenvalue weighted by molar-refractivity contribution is 5.15. The molecule has 0 bridgehead atoms. The van der Waals surface area contributed by atoms with Crippen molar-refractivity contribution in [3.63, 3.8) is 0 Å². The van der Waals surface area contributed by atoms with Gasteiger partial charge in [-0.25, -0.2) is 0 Å². The Kier molecular flexibility index (Phi) is 4.29. The van der Waals surface area contributed by atoms with Gasteiger partial charge >= 0.3 is 6.18 Å². The number of aryl methyl sites for hydroxylation is 1. The Bertz CT molecular complexity index is 321. The van der Waals surface area contributed by atoms with Crippen molar-refractivity contribution < 1.29 is 18.3 Å². The van der Waals surface area contributed by atoms with E-state index in [1.807, 2.05) is 0 Å². The van der Waals surface area contributed by atoms with Gasteiger partial charge in [0.2, 0.25) is 0 Å². The second-order valence-corrected chi connectivity index (χ2v) is 3.76. The number of aliphatic hydroxyl groups is 1. The Hall–Kier alpha value is -1.10. The van der Waals surface area contributed by atoms with Crippen molar-refractivity contribution in [1.29, 1.82) is 0 Å². The first-order valence-electron chi connectivity index (χ1n) is 5.06. The van der Waals surface area contributed by atoms with E-state index in [0.717, 1.165) is 5.69 Å². The molecule has 1 N–H and O–H groups in total. The number of hydrogen-bond donors (Lipinski definition) is 1. The smallest absolute Gasteiger partial charge is 0.388 e. The number of nitrogens with zero attached hydrogens (tertiary/aromatic N) is 1. The molecule has 5 heteroatoms. The zero-order chi connectivity index (χ0) is 12.2. The molecule has 0 aromatic carbocycles. The van der Waals surface area contributed by atoms with Crippen molar-refractivity contribution in [2.24, 2.45) is 0 Å². The SMILES string of the molecule is Cc1ccc(C(O)CCCC(F)(F)F)cn1. The third-order valence-electron chi connectivity index (χ3n) is 2.26. The lowest BCUT2D eigenvalue weighted by Gasteiger charge is -2.11. The summed E-state index contributed by atoms with van der Waals surface area (Å²) in [6, 6.07) is 3.41. The molecule has 0 aliphatic carbocycles. The molecule has 1 rings (SSSR count). The van der Waals surface area contributed by atoms with Gasteiger partial charge in [-0.1, -0.05) is 6.07 Å². The van der Waals surface area contributed by atoms with E-state index in [2.05, 4.69) is 4.98 Å². The van der Waals surface area contributed by atoms with Crippen molar-refractivity contribution in [3.8, 4) is 0 Å². The fraction of sp³-hybridized carbons (Fsp3) is 0.545. The van der Waals surface area contributed by atoms with E-state index >= 15 is 0 Å². The van der Waals surface area contributed by atoms with Crippen LogP contribution in [0.15, 0.2) is 18.3 Å². The highest BCUT2D eigenvalue weighted by Crippen LogP contribution is 2.25. The van der Waals surface area contributed by atoms with Crippen molar-refractivity contribution in [3.05, 3.63) is 29.6 Å². The summed E-state index contributed by atoms with van der Waals surface area (Å²) in [6.45, 7) is 1.81. The molecular formula is C11H14F3NO. The molecule has 0 fully saturated rings. The fourth-order valence-corrected chi connectivity index (χ4v) is 1.34. The zero-order valence-electron chi connectivity index (χ0n) is 8.96. The van der Waals surface area contributed by atoms with Crippen molar-refractivity contribution >= 4 is 0 Å². The molecule has 1 unspecified atom stereocenters. The quantitative estimate of drug-likeness (QED) is 0.866. The molecule has 0 radical (unpaired) electrons. The molecule has 1 atom stereocenters. The van der Waals surface area contributed by atoms with E-state index in [1.54, 1.807) is 19.1 Å². The Morgan fingerprint density at radius 2 is 2.06 bits per heavy atom. The summed E-state index contributed by atoms with van der Waals surface area (Å²) in [5.41, 5.74) is 1.37. The molecule has 1 aromatic heterocycles. The number of hydrogen-bond acceptors (Lipinski definition) is 2. The van der Waals surface area contributed by atoms with E-state index < -0.39 is 18.7 Å². The predicted molar refractivity (Wildman–Crippen MR) is 53.8 cm³/mol. The lowest BCUT2D eigenvalue weighted by atomic mass is 10.1. The van der Waals surface area contributed by atoms with Crippen molar-refractivity contribution in [1.82, 2.24) is 4.98 Å². The van der Waals surface area contributed by atoms with Crippen LogP contribution < -0.4 is 0 Å². The summed E-state index contributed by atoms with van der Waals surface area (Å²) in [4.78, 5) is 3.97. The normalized spacial score (nSPS) is 13.8. The van der Waals surface area contributed by atoms with Gasteiger partial charge in [0.05, 0.1) is 6.10 Å². The fourth-order valence-electron chi connectivity index (χ4n) is 1.34. The third-order valence-corrected chi connectivity index (χ3v) is 2.26. The summed E-state index contributed by atoms with van der Waals surface area (Å²) in [6.07, 6.45) is -4.35. The van der Waals surface area contributed by atoms with Crippen molar-refractivity contribution in [2.45, 2.75) is 38.5 Å². The topological polar surface area (TPSA) is 33.1 Å². The zero-order valence-corrected chi connectivity index (χ0v) is 8.96. The first kappa shape index (κ1) is 13.0. The summed E-state index contributed by atoms with van der Waals surface area (Å²) in [5.74, 6) is 0. The van der Waals surface area contributed by atoms with Crippen LogP contribution in [0.25, 0.3) is 0 Å². The summed E-state index contributed by atoms with van der Waals surface area (Å²) >= 11 is 0. The average molecular weight is 233 g/mol. The molecule has 0 aliphatic heterocycles. The van der Waals surface area contributed by atoms with Crippen LogP contribution in [0.1, 0.15) is 36.6 Å². The first-order chi connectivity index (χ1) is 7.38. The van der Waals surface area contributed by atoms with Gasteiger partial charge in [0.1, 0.15) is 0 Å². The van der Waals surface area contributed by atoms with E-state index in [4.69, 9.17) is 0 Å². The Morgan fingerprint density at radius 3 is 2.56 bits per heavy atom. The van der Waals surface area contributed by atoms with Crippen LogP contribution in [0.2, 0.25) is 0 Å². The number of pyridine rings is 1. The monoisotopic (exact) mass is 233 g/mol. The molecular weight excluding hydrogens is 219 g/mol. The standard InChI is InChI=1S/C11H14F3NO/c1-8-4-5-9(7-15-8)10(16)3-2-6-11(12,13)14/h4-5,7,10,16H,2-3,6H2,1H3. The molecule has 1 heterocycles. The van der Waals surface area contributed by atoms with E-state index in [1.165, 1.54) is 6.20 Å². The minimum atomic E-state index is -4.15. The van der Waals surface area contributed by atoms with Gasteiger partial charge < -0.3 is 5.11 Å². The molecule has 90 valence electrons. The van der Waals surface area contributed by atoms with Crippen LogP contribution in [0.3, 0.4) is 0 Å². The number of aromatic nitrogens is 1. The second-order valence-electron chi connectivity index (χ2n) is 3.76. The lowest BCUT2D eigenvalue weighted by Crippen LogP contribution is -2.08. The minimum absolute atomic E-state index is 0.0709. The highest BCUT2D eigenvalue weighted by atomic mass is 19.4. The van der Waals surface area contributed by atoms with Gasteiger partial charge in [0.25, 0.3) is 0 Å². The van der Waals surface area contributed by atoms with Crippen LogP contribution >= 0.6 is 0 Å². The van der Waals surface area contributed by atoms with Crippen LogP contribution in [-0.2, 0) is 0 Å². The molecule has 1 aromatic rings. The van der Waals surface area contributed by atoms with E-state index in [0.29, 0.717) is 5.56 Å². The van der Waals surface area contributed by atoms with E-state index in [9.17, 15) is 18.3 Å². The summed E-state index contributed by atoms with van der Waals surface area (Å²) < 4.78 is 35.6. The minimum Gasteiger partial charge on any atom is -0.388 e. The number of halogens is 3. The maximum atomic E-state index is 11.9. The lowest BCUT2D eigenvalue weighted by molar-refractivity contribution is -0.136. The van der Waals surface area contributed by atoms with Crippen LogP contribution in [-0.4, -0.2) is 16.3 Å². The van der Waals surface area contributed by atoms with Crippen LogP contribution in [0, 0.1) is 6.92 Å². The summed E-state index contributed by atoms with van der Waals surface area (Å²) in [5, 5.41) is 9.60. The first-order valence-corrected chi connectivity index (χ1v) is 5.06. The molecule has 0 amide bonds. The molecule has 0 saturated carbocycles. The number of aliphatic hydroxyl groups excluding tert-OH is 1. The molecule has 0 saturated heterocycles. The average Bonchev–Trinajstić information content (AvgIpc) is 2.16. The Labute approximate surface area is 92.1 Å². The van der Waals surface area contributed by atoms with Gasteiger partial charge in [0.15, 0.2) is 0 Å². The maximum absolute atomic E-state index is 11.9. The van der Waals surface area contributed by atoms with Crippen LogP contribution in [0.5, 0.6) is 0 Å². The molecule has 16 heavy (non-hydrogen) atoms. The van der Waals surface area contributed by atoms with Crippen LogP contribution in [0.4, 0.5) is 13.2 Å². The Morgan fingerprint density at radius 1 is 1.38 bits per heavy atom. The molecule has 0 spiro atoms. The largest absolute Gasteiger partial charge is 0.389 e. The van der Waals surface area contributed by atoms with Gasteiger partial charge in [-0.15, -0.1) is 0 Å². The third kappa shape index (κ3) is 4.61. The van der Waals surface area contributed by atoms with Crippen molar-refractivity contribution in [2.75, 3.05) is 0 Å². The van der Waals surface area contributed by atoms with E-state index in [-0.39, 0.29) is 12.8 Å². The number of alkyl halides is 3. The molecule has 2 nitrogen and oxygen atoms in total. The van der Waals surface area contributed by atoms with Gasteiger partial charge in [0, 0.05) is 18.3 Å². The maximum Gasteiger partial charge on any atom is 0.389 e. The second kappa shape index (κ2) is 5.30. The predicted octanol–water partition coefficient (Wildman–Crippen LogP) is 3.16. The van der Waals surface area contributed by atoms with Gasteiger partial charge in [-0.2, -0.15) is 13.2 Å². The van der Waals surface area contributed by atoms with Gasteiger partial charge in [-0.3, -0.25) is 4.98 Å².